The molecule has 3 aliphatic heterocycles. The second-order valence-corrected chi connectivity index (χ2v) is 9.04. The number of likely N-dealkylation sites (tertiary alicyclic amines) is 2. The van der Waals surface area contributed by atoms with Gasteiger partial charge < -0.3 is 24.0 Å². The third-order valence-electron chi connectivity index (χ3n) is 7.20. The van der Waals surface area contributed by atoms with Crippen LogP contribution < -0.4 is 9.47 Å². The fourth-order valence-electron chi connectivity index (χ4n) is 5.36. The van der Waals surface area contributed by atoms with Gasteiger partial charge in [0.05, 0.1) is 33.0 Å². The van der Waals surface area contributed by atoms with Gasteiger partial charge in [0.15, 0.2) is 0 Å². The lowest BCUT2D eigenvalue weighted by Gasteiger charge is -2.39. The van der Waals surface area contributed by atoms with Crippen molar-refractivity contribution in [1.82, 2.24) is 14.7 Å². The quantitative estimate of drug-likeness (QED) is 0.730. The number of rotatable bonds is 5. The van der Waals surface area contributed by atoms with Gasteiger partial charge in [-0.2, -0.15) is 0 Å². The van der Waals surface area contributed by atoms with Gasteiger partial charge in [0.2, 0.25) is 0 Å². The Morgan fingerprint density at radius 1 is 1.13 bits per heavy atom. The average Bonchev–Trinajstić information content (AvgIpc) is 3.08. The van der Waals surface area contributed by atoms with Gasteiger partial charge in [0, 0.05) is 51.4 Å². The number of hydrogen-bond acceptors (Lipinski definition) is 6. The van der Waals surface area contributed by atoms with Crippen LogP contribution in [0.4, 0.5) is 0 Å². The molecule has 0 aromatic heterocycles. The topological polar surface area (TPSA) is 54.5 Å². The summed E-state index contributed by atoms with van der Waals surface area (Å²) in [5, 5.41) is 0. The molecule has 30 heavy (non-hydrogen) atoms. The van der Waals surface area contributed by atoms with Crippen LogP contribution in [0.2, 0.25) is 0 Å². The highest BCUT2D eigenvalue weighted by Crippen LogP contribution is 2.43. The largest absolute Gasteiger partial charge is 0.497 e. The smallest absolute Gasteiger partial charge is 0.257 e. The highest BCUT2D eigenvalue weighted by atomic mass is 16.5. The molecule has 1 unspecified atom stereocenters. The number of carbonyl (C=O) groups is 1. The second kappa shape index (κ2) is 9.12. The van der Waals surface area contributed by atoms with E-state index in [-0.39, 0.29) is 5.91 Å². The molecule has 1 aromatic carbocycles. The molecule has 0 bridgehead atoms. The van der Waals surface area contributed by atoms with Gasteiger partial charge in [-0.15, -0.1) is 0 Å². The molecule has 1 spiro atoms. The third kappa shape index (κ3) is 4.43. The minimum absolute atomic E-state index is 0.0561. The Labute approximate surface area is 179 Å². The number of morpholine rings is 1. The van der Waals surface area contributed by atoms with Crippen molar-refractivity contribution in [3.05, 3.63) is 23.8 Å². The molecule has 3 saturated heterocycles. The summed E-state index contributed by atoms with van der Waals surface area (Å²) in [7, 11) is 5.48. The van der Waals surface area contributed by atoms with Crippen molar-refractivity contribution in [2.24, 2.45) is 5.41 Å². The van der Waals surface area contributed by atoms with E-state index in [0.29, 0.717) is 28.5 Å². The maximum Gasteiger partial charge on any atom is 0.257 e. The van der Waals surface area contributed by atoms with E-state index in [1.54, 1.807) is 20.3 Å². The first-order valence-electron chi connectivity index (χ1n) is 11.1. The first kappa shape index (κ1) is 21.4. The molecule has 166 valence electrons. The van der Waals surface area contributed by atoms with Gasteiger partial charge in [-0.25, -0.2) is 0 Å². The summed E-state index contributed by atoms with van der Waals surface area (Å²) in [4.78, 5) is 20.2. The molecule has 0 radical (unpaired) electrons. The summed E-state index contributed by atoms with van der Waals surface area (Å²) in [5.74, 6) is 1.33. The van der Waals surface area contributed by atoms with Gasteiger partial charge in [-0.05, 0) is 43.9 Å². The first-order chi connectivity index (χ1) is 14.5. The van der Waals surface area contributed by atoms with E-state index in [0.717, 1.165) is 65.3 Å². The summed E-state index contributed by atoms with van der Waals surface area (Å²) in [6.45, 7) is 7.69. The molecule has 0 aliphatic carbocycles. The summed E-state index contributed by atoms with van der Waals surface area (Å²) < 4.78 is 16.2. The Morgan fingerprint density at radius 2 is 1.87 bits per heavy atom. The molecule has 3 heterocycles. The maximum atomic E-state index is 13.1. The molecule has 1 aromatic rings. The monoisotopic (exact) mass is 417 g/mol. The Balaban J connectivity index is 1.36. The number of methoxy groups -OCH3 is 2. The molecule has 3 aliphatic rings. The molecule has 7 nitrogen and oxygen atoms in total. The predicted molar refractivity (Wildman–Crippen MR) is 115 cm³/mol. The highest BCUT2D eigenvalue weighted by Gasteiger charge is 2.45. The van der Waals surface area contributed by atoms with Crippen LogP contribution in [0.15, 0.2) is 18.2 Å². The molecule has 1 atom stereocenters. The lowest BCUT2D eigenvalue weighted by atomic mass is 9.76. The van der Waals surface area contributed by atoms with Crippen LogP contribution in [0.1, 0.15) is 29.6 Å². The lowest BCUT2D eigenvalue weighted by Crippen LogP contribution is -2.44. The summed E-state index contributed by atoms with van der Waals surface area (Å²) in [6, 6.07) is 6.02. The van der Waals surface area contributed by atoms with Crippen LogP contribution in [-0.4, -0.2) is 100 Å². The zero-order chi connectivity index (χ0) is 21.1. The van der Waals surface area contributed by atoms with Crippen molar-refractivity contribution < 1.29 is 19.0 Å². The average molecular weight is 418 g/mol. The first-order valence-corrected chi connectivity index (χ1v) is 11.1. The number of amides is 1. The number of hydrogen-bond donors (Lipinski definition) is 0. The Bertz CT molecular complexity index is 742. The normalized spacial score (nSPS) is 24.9. The maximum absolute atomic E-state index is 13.1. The van der Waals surface area contributed by atoms with Crippen LogP contribution in [0, 0.1) is 5.41 Å². The minimum atomic E-state index is 0.0561. The van der Waals surface area contributed by atoms with E-state index in [2.05, 4.69) is 16.8 Å². The summed E-state index contributed by atoms with van der Waals surface area (Å²) in [6.07, 6.45) is 3.37. The van der Waals surface area contributed by atoms with Crippen molar-refractivity contribution >= 4 is 5.91 Å². The van der Waals surface area contributed by atoms with Crippen molar-refractivity contribution in [2.75, 3.05) is 73.7 Å². The lowest BCUT2D eigenvalue weighted by molar-refractivity contribution is 0.0283. The van der Waals surface area contributed by atoms with Gasteiger partial charge in [0.1, 0.15) is 11.5 Å². The van der Waals surface area contributed by atoms with E-state index < -0.39 is 0 Å². The molecule has 4 rings (SSSR count). The summed E-state index contributed by atoms with van der Waals surface area (Å²) in [5.41, 5.74) is 0.954. The van der Waals surface area contributed by atoms with Crippen molar-refractivity contribution in [3.63, 3.8) is 0 Å². The number of benzene rings is 1. The zero-order valence-corrected chi connectivity index (χ0v) is 18.6. The fraction of sp³-hybridized carbons (Fsp3) is 0.696. The number of piperidine rings is 1. The molecular formula is C23H35N3O4. The van der Waals surface area contributed by atoms with Gasteiger partial charge in [-0.1, -0.05) is 0 Å². The predicted octanol–water partition coefficient (Wildman–Crippen LogP) is 1.96. The molecule has 3 fully saturated rings. The SMILES string of the molecule is COc1ccc(C(=O)N2CCC3(CC2)CC(CN2CCOCC2)N(C)C3)c(OC)c1. The minimum Gasteiger partial charge on any atom is -0.497 e. The van der Waals surface area contributed by atoms with E-state index >= 15 is 0 Å². The van der Waals surface area contributed by atoms with Gasteiger partial charge >= 0.3 is 0 Å². The molecule has 0 N–H and O–H groups in total. The Morgan fingerprint density at radius 3 is 2.53 bits per heavy atom. The molecule has 1 amide bonds. The van der Waals surface area contributed by atoms with Crippen molar-refractivity contribution in [3.8, 4) is 11.5 Å². The van der Waals surface area contributed by atoms with E-state index in [1.807, 2.05) is 17.0 Å². The van der Waals surface area contributed by atoms with Gasteiger partial charge in [-0.3, -0.25) is 9.69 Å². The molecule has 7 heteroatoms. The van der Waals surface area contributed by atoms with Crippen LogP contribution in [-0.2, 0) is 4.74 Å². The van der Waals surface area contributed by atoms with Crippen LogP contribution in [0.5, 0.6) is 11.5 Å². The van der Waals surface area contributed by atoms with Crippen molar-refractivity contribution in [2.45, 2.75) is 25.3 Å². The zero-order valence-electron chi connectivity index (χ0n) is 18.6. The Kier molecular flexibility index (Phi) is 6.51. The standard InChI is InChI=1S/C23H35N3O4/c1-24-17-23(15-18(24)16-25-10-12-30-13-11-25)6-8-26(9-7-23)22(27)20-5-4-19(28-2)14-21(20)29-3/h4-5,14,18H,6-13,15-17H2,1-3H3. The molecule has 0 saturated carbocycles. The van der Waals surface area contributed by atoms with Crippen molar-refractivity contribution in [1.29, 1.82) is 0 Å². The van der Waals surface area contributed by atoms with E-state index in [9.17, 15) is 4.79 Å². The number of ether oxygens (including phenoxy) is 3. The van der Waals surface area contributed by atoms with Crippen LogP contribution >= 0.6 is 0 Å². The van der Waals surface area contributed by atoms with Crippen LogP contribution in [0.3, 0.4) is 0 Å². The second-order valence-electron chi connectivity index (χ2n) is 9.04. The molecular weight excluding hydrogens is 382 g/mol. The number of likely N-dealkylation sites (N-methyl/N-ethyl adjacent to an activating group) is 1. The van der Waals surface area contributed by atoms with Crippen LogP contribution in [0.25, 0.3) is 0 Å². The van der Waals surface area contributed by atoms with Gasteiger partial charge in [0.25, 0.3) is 5.91 Å². The summed E-state index contributed by atoms with van der Waals surface area (Å²) >= 11 is 0. The fourth-order valence-corrected chi connectivity index (χ4v) is 5.36. The van der Waals surface area contributed by atoms with E-state index in [1.165, 1.54) is 6.42 Å². The number of nitrogens with zero attached hydrogens (tertiary/aromatic N) is 3. The number of carbonyl (C=O) groups excluding carboxylic acids is 1. The third-order valence-corrected chi connectivity index (χ3v) is 7.20. The highest BCUT2D eigenvalue weighted by molar-refractivity contribution is 5.97. The van der Waals surface area contributed by atoms with E-state index in [4.69, 9.17) is 14.2 Å². The Hall–Kier alpha value is -1.83.